The molecular formula is C17H18F3N. The summed E-state index contributed by atoms with van der Waals surface area (Å²) >= 11 is 0. The number of halogens is 3. The second-order valence-corrected chi connectivity index (χ2v) is 5.21. The smallest absolute Gasteiger partial charge is 0.159 e. The SMILES string of the molecule is CNC(Cc1ccc(F)c(F)c1)Cc1ccc(F)cc1C. The zero-order valence-electron chi connectivity index (χ0n) is 12.1. The molecule has 1 unspecified atom stereocenters. The Morgan fingerprint density at radius 1 is 0.952 bits per heavy atom. The number of rotatable bonds is 5. The van der Waals surface area contributed by atoms with E-state index >= 15 is 0 Å². The molecule has 0 saturated carbocycles. The minimum Gasteiger partial charge on any atom is -0.316 e. The molecule has 0 aliphatic rings. The highest BCUT2D eigenvalue weighted by Gasteiger charge is 2.12. The van der Waals surface area contributed by atoms with E-state index in [2.05, 4.69) is 5.32 Å². The summed E-state index contributed by atoms with van der Waals surface area (Å²) in [6.45, 7) is 1.86. The zero-order valence-corrected chi connectivity index (χ0v) is 12.1. The van der Waals surface area contributed by atoms with Crippen molar-refractivity contribution in [3.8, 4) is 0 Å². The Morgan fingerprint density at radius 3 is 2.33 bits per heavy atom. The Morgan fingerprint density at radius 2 is 1.71 bits per heavy atom. The summed E-state index contributed by atoms with van der Waals surface area (Å²) in [5.74, 6) is -1.92. The van der Waals surface area contributed by atoms with Crippen molar-refractivity contribution in [2.24, 2.45) is 0 Å². The molecule has 1 atom stereocenters. The topological polar surface area (TPSA) is 12.0 Å². The third kappa shape index (κ3) is 4.08. The summed E-state index contributed by atoms with van der Waals surface area (Å²) in [4.78, 5) is 0. The van der Waals surface area contributed by atoms with Crippen molar-refractivity contribution >= 4 is 0 Å². The molecule has 0 aromatic heterocycles. The fourth-order valence-corrected chi connectivity index (χ4v) is 2.38. The lowest BCUT2D eigenvalue weighted by Gasteiger charge is -2.18. The predicted octanol–water partition coefficient (Wildman–Crippen LogP) is 3.79. The lowest BCUT2D eigenvalue weighted by atomic mass is 9.96. The van der Waals surface area contributed by atoms with Crippen molar-refractivity contribution in [2.75, 3.05) is 7.05 Å². The second kappa shape index (κ2) is 6.76. The molecule has 112 valence electrons. The molecule has 0 radical (unpaired) electrons. The summed E-state index contributed by atoms with van der Waals surface area (Å²) < 4.78 is 39.3. The summed E-state index contributed by atoms with van der Waals surface area (Å²) in [5, 5.41) is 3.16. The van der Waals surface area contributed by atoms with Gasteiger partial charge in [-0.1, -0.05) is 12.1 Å². The van der Waals surface area contributed by atoms with E-state index in [9.17, 15) is 13.2 Å². The maximum Gasteiger partial charge on any atom is 0.159 e. The van der Waals surface area contributed by atoms with Crippen LogP contribution in [0.25, 0.3) is 0 Å². The molecule has 2 rings (SSSR count). The third-order valence-electron chi connectivity index (χ3n) is 3.65. The number of hydrogen-bond donors (Lipinski definition) is 1. The average molecular weight is 293 g/mol. The summed E-state index contributed by atoms with van der Waals surface area (Å²) in [6, 6.07) is 8.71. The zero-order chi connectivity index (χ0) is 15.4. The molecule has 0 amide bonds. The molecule has 0 bridgehead atoms. The van der Waals surface area contributed by atoms with Crippen molar-refractivity contribution < 1.29 is 13.2 Å². The van der Waals surface area contributed by atoms with Crippen molar-refractivity contribution in [1.29, 1.82) is 0 Å². The van der Waals surface area contributed by atoms with Crippen LogP contribution in [0.1, 0.15) is 16.7 Å². The van der Waals surface area contributed by atoms with E-state index in [-0.39, 0.29) is 11.9 Å². The van der Waals surface area contributed by atoms with Crippen molar-refractivity contribution in [3.63, 3.8) is 0 Å². The standard InChI is InChI=1S/C17H18F3N/c1-11-7-14(18)5-4-13(11)10-15(21-2)8-12-3-6-16(19)17(20)9-12/h3-7,9,15,21H,8,10H2,1-2H3. The third-order valence-corrected chi connectivity index (χ3v) is 3.65. The first-order valence-corrected chi connectivity index (χ1v) is 6.86. The van der Waals surface area contributed by atoms with Gasteiger partial charge in [-0.25, -0.2) is 13.2 Å². The molecule has 2 aromatic rings. The number of likely N-dealkylation sites (N-methyl/N-ethyl adjacent to an activating group) is 1. The molecule has 1 N–H and O–H groups in total. The van der Waals surface area contributed by atoms with Crippen LogP contribution in [0.3, 0.4) is 0 Å². The molecule has 4 heteroatoms. The van der Waals surface area contributed by atoms with Crippen LogP contribution in [0.2, 0.25) is 0 Å². The highest BCUT2D eigenvalue weighted by atomic mass is 19.2. The fourth-order valence-electron chi connectivity index (χ4n) is 2.38. The van der Waals surface area contributed by atoms with Gasteiger partial charge in [0.1, 0.15) is 5.82 Å². The number of benzene rings is 2. The summed E-state index contributed by atoms with van der Waals surface area (Å²) in [6.07, 6.45) is 1.27. The lowest BCUT2D eigenvalue weighted by Crippen LogP contribution is -2.30. The molecule has 0 spiro atoms. The molecule has 0 heterocycles. The maximum absolute atomic E-state index is 13.2. The van der Waals surface area contributed by atoms with Gasteiger partial charge in [-0.3, -0.25) is 0 Å². The van der Waals surface area contributed by atoms with Crippen LogP contribution in [0.5, 0.6) is 0 Å². The largest absolute Gasteiger partial charge is 0.316 e. The highest BCUT2D eigenvalue weighted by molar-refractivity contribution is 5.28. The summed E-state index contributed by atoms with van der Waals surface area (Å²) in [5.41, 5.74) is 2.66. The van der Waals surface area contributed by atoms with E-state index < -0.39 is 11.6 Å². The van der Waals surface area contributed by atoms with Gasteiger partial charge in [0, 0.05) is 6.04 Å². The Labute approximate surface area is 122 Å². The van der Waals surface area contributed by atoms with Crippen LogP contribution in [0, 0.1) is 24.4 Å². The van der Waals surface area contributed by atoms with Crippen molar-refractivity contribution in [1.82, 2.24) is 5.32 Å². The maximum atomic E-state index is 13.2. The fraction of sp³-hybridized carbons (Fsp3) is 0.294. The van der Waals surface area contributed by atoms with Crippen LogP contribution < -0.4 is 5.32 Å². The van der Waals surface area contributed by atoms with Gasteiger partial charge >= 0.3 is 0 Å². The average Bonchev–Trinajstić information content (AvgIpc) is 2.44. The normalized spacial score (nSPS) is 12.4. The monoisotopic (exact) mass is 293 g/mol. The van der Waals surface area contributed by atoms with E-state index in [1.807, 2.05) is 14.0 Å². The van der Waals surface area contributed by atoms with E-state index in [1.54, 1.807) is 12.1 Å². The van der Waals surface area contributed by atoms with Crippen molar-refractivity contribution in [3.05, 3.63) is 70.5 Å². The van der Waals surface area contributed by atoms with Crippen molar-refractivity contribution in [2.45, 2.75) is 25.8 Å². The van der Waals surface area contributed by atoms with Gasteiger partial charge in [0.25, 0.3) is 0 Å². The molecule has 0 aliphatic heterocycles. The Bertz CT molecular complexity index is 625. The molecule has 0 fully saturated rings. The summed E-state index contributed by atoms with van der Waals surface area (Å²) in [7, 11) is 1.82. The lowest BCUT2D eigenvalue weighted by molar-refractivity contribution is 0.503. The number of nitrogens with one attached hydrogen (secondary N) is 1. The second-order valence-electron chi connectivity index (χ2n) is 5.21. The van der Waals surface area contributed by atoms with Gasteiger partial charge in [0.05, 0.1) is 0 Å². The Balaban J connectivity index is 2.10. The predicted molar refractivity (Wildman–Crippen MR) is 77.8 cm³/mol. The first-order valence-electron chi connectivity index (χ1n) is 6.86. The molecule has 2 aromatic carbocycles. The van der Waals surface area contributed by atoms with Crippen LogP contribution in [-0.4, -0.2) is 13.1 Å². The highest BCUT2D eigenvalue weighted by Crippen LogP contribution is 2.16. The first-order chi connectivity index (χ1) is 9.99. The Kier molecular flexibility index (Phi) is 5.02. The minimum absolute atomic E-state index is 0.0685. The quantitative estimate of drug-likeness (QED) is 0.884. The van der Waals surface area contributed by atoms with Gasteiger partial charge in [-0.05, 0) is 67.8 Å². The van der Waals surface area contributed by atoms with Gasteiger partial charge in [-0.15, -0.1) is 0 Å². The number of aryl methyl sites for hydroxylation is 1. The van der Waals surface area contributed by atoms with E-state index in [1.165, 1.54) is 18.2 Å². The van der Waals surface area contributed by atoms with Gasteiger partial charge < -0.3 is 5.32 Å². The minimum atomic E-state index is -0.839. The van der Waals surface area contributed by atoms with E-state index in [4.69, 9.17) is 0 Å². The molecule has 21 heavy (non-hydrogen) atoms. The van der Waals surface area contributed by atoms with Crippen LogP contribution in [-0.2, 0) is 12.8 Å². The van der Waals surface area contributed by atoms with Gasteiger partial charge in [-0.2, -0.15) is 0 Å². The van der Waals surface area contributed by atoms with Gasteiger partial charge in [0.2, 0.25) is 0 Å². The molecular weight excluding hydrogens is 275 g/mol. The molecule has 0 aliphatic carbocycles. The first kappa shape index (κ1) is 15.6. The van der Waals surface area contributed by atoms with Crippen LogP contribution >= 0.6 is 0 Å². The van der Waals surface area contributed by atoms with E-state index in [0.717, 1.165) is 22.8 Å². The molecule has 1 nitrogen and oxygen atoms in total. The van der Waals surface area contributed by atoms with E-state index in [0.29, 0.717) is 12.8 Å². The van der Waals surface area contributed by atoms with Crippen LogP contribution in [0.4, 0.5) is 13.2 Å². The Hall–Kier alpha value is -1.81. The molecule has 0 saturated heterocycles. The van der Waals surface area contributed by atoms with Crippen LogP contribution in [0.15, 0.2) is 36.4 Å². The van der Waals surface area contributed by atoms with Gasteiger partial charge in [0.15, 0.2) is 11.6 Å². The number of hydrogen-bond acceptors (Lipinski definition) is 1.